The summed E-state index contributed by atoms with van der Waals surface area (Å²) in [6.45, 7) is 10.7. The highest BCUT2D eigenvalue weighted by molar-refractivity contribution is 5.79. The number of hydrogen-bond acceptors (Lipinski definition) is 4. The van der Waals surface area contributed by atoms with Gasteiger partial charge in [0, 0.05) is 18.5 Å². The van der Waals surface area contributed by atoms with Crippen molar-refractivity contribution in [3.05, 3.63) is 29.8 Å². The minimum absolute atomic E-state index is 0.187. The van der Waals surface area contributed by atoms with Gasteiger partial charge in [-0.15, -0.1) is 0 Å². The molecule has 1 unspecified atom stereocenters. The van der Waals surface area contributed by atoms with Crippen LogP contribution < -0.4 is 15.4 Å². The molecule has 2 heterocycles. The van der Waals surface area contributed by atoms with Crippen LogP contribution >= 0.6 is 0 Å². The number of ether oxygens (including phenoxy) is 2. The average molecular weight is 375 g/mol. The Balaban J connectivity index is 1.66. The summed E-state index contributed by atoms with van der Waals surface area (Å²) < 4.78 is 10.7. The molecule has 0 spiro atoms. The third-order valence-electron chi connectivity index (χ3n) is 5.41. The minimum Gasteiger partial charge on any atom is -0.497 e. The second-order valence-corrected chi connectivity index (χ2v) is 7.91. The lowest BCUT2D eigenvalue weighted by molar-refractivity contribution is -0.0945. The van der Waals surface area contributed by atoms with Crippen LogP contribution in [0.5, 0.6) is 5.75 Å². The number of hydrogen-bond donors (Lipinski definition) is 2. The van der Waals surface area contributed by atoms with E-state index in [1.807, 2.05) is 0 Å². The lowest BCUT2D eigenvalue weighted by Crippen LogP contribution is -2.46. The Morgan fingerprint density at radius 2 is 1.93 bits per heavy atom. The summed E-state index contributed by atoms with van der Waals surface area (Å²) in [7, 11) is 1.71. The zero-order chi connectivity index (χ0) is 19.1. The van der Waals surface area contributed by atoms with Gasteiger partial charge in [-0.1, -0.05) is 19.1 Å². The molecule has 0 amide bonds. The van der Waals surface area contributed by atoms with Gasteiger partial charge in [-0.25, -0.2) is 0 Å². The molecule has 27 heavy (non-hydrogen) atoms. The molecule has 6 heteroatoms. The standard InChI is InChI=1S/C21H34N4O2/c1-4-22-20(24-14-21(2)15-27-16-21)23-13-19(25-11-5-6-12-25)17-7-9-18(26-3)10-8-17/h7-10,19H,4-6,11-16H2,1-3H3,(H2,22,23,24). The van der Waals surface area contributed by atoms with Gasteiger partial charge in [0.15, 0.2) is 5.96 Å². The first-order valence-electron chi connectivity index (χ1n) is 10.1. The highest BCUT2D eigenvalue weighted by Gasteiger charge is 2.33. The maximum atomic E-state index is 5.35. The van der Waals surface area contributed by atoms with Crippen molar-refractivity contribution in [3.8, 4) is 5.75 Å². The molecule has 2 aliphatic rings. The van der Waals surface area contributed by atoms with Gasteiger partial charge in [-0.05, 0) is 50.6 Å². The van der Waals surface area contributed by atoms with Crippen LogP contribution in [0.4, 0.5) is 0 Å². The summed E-state index contributed by atoms with van der Waals surface area (Å²) in [6.07, 6.45) is 2.55. The van der Waals surface area contributed by atoms with Crippen LogP contribution in [0, 0.1) is 5.41 Å². The molecule has 2 N–H and O–H groups in total. The van der Waals surface area contributed by atoms with E-state index in [9.17, 15) is 0 Å². The molecule has 0 aromatic heterocycles. The number of nitrogens with one attached hydrogen (secondary N) is 2. The van der Waals surface area contributed by atoms with E-state index < -0.39 is 0 Å². The number of benzene rings is 1. The van der Waals surface area contributed by atoms with Gasteiger partial charge in [-0.3, -0.25) is 9.89 Å². The molecule has 0 radical (unpaired) electrons. The predicted octanol–water partition coefficient (Wildman–Crippen LogP) is 2.42. The normalized spacial score (nSPS) is 20.8. The second kappa shape index (κ2) is 9.42. The number of guanidine groups is 1. The molecule has 6 nitrogen and oxygen atoms in total. The average Bonchev–Trinajstić information content (AvgIpc) is 3.19. The Kier molecular flexibility index (Phi) is 6.96. The first kappa shape index (κ1) is 20.0. The topological polar surface area (TPSA) is 58.1 Å². The molecular weight excluding hydrogens is 340 g/mol. The van der Waals surface area contributed by atoms with Crippen LogP contribution in [0.15, 0.2) is 29.3 Å². The maximum Gasteiger partial charge on any atom is 0.191 e. The van der Waals surface area contributed by atoms with Gasteiger partial charge >= 0.3 is 0 Å². The van der Waals surface area contributed by atoms with E-state index in [0.29, 0.717) is 6.04 Å². The fourth-order valence-electron chi connectivity index (χ4n) is 3.68. The Morgan fingerprint density at radius 3 is 2.48 bits per heavy atom. The Morgan fingerprint density at radius 1 is 1.22 bits per heavy atom. The summed E-state index contributed by atoms with van der Waals surface area (Å²) >= 11 is 0. The summed E-state index contributed by atoms with van der Waals surface area (Å²) in [5.41, 5.74) is 1.51. The summed E-state index contributed by atoms with van der Waals surface area (Å²) in [4.78, 5) is 7.37. The lowest BCUT2D eigenvalue weighted by atomic mass is 9.89. The monoisotopic (exact) mass is 374 g/mol. The molecule has 150 valence electrons. The van der Waals surface area contributed by atoms with Gasteiger partial charge in [0.05, 0.1) is 32.9 Å². The fraction of sp³-hybridized carbons (Fsp3) is 0.667. The van der Waals surface area contributed by atoms with Gasteiger partial charge < -0.3 is 20.1 Å². The molecule has 2 saturated heterocycles. The third kappa shape index (κ3) is 5.36. The smallest absolute Gasteiger partial charge is 0.191 e. The van der Waals surface area contributed by atoms with Crippen LogP contribution in [0.25, 0.3) is 0 Å². The minimum atomic E-state index is 0.187. The molecule has 0 bridgehead atoms. The molecule has 0 aliphatic carbocycles. The quantitative estimate of drug-likeness (QED) is 0.541. The van der Waals surface area contributed by atoms with Crippen molar-refractivity contribution in [2.24, 2.45) is 10.4 Å². The first-order chi connectivity index (χ1) is 13.1. The van der Waals surface area contributed by atoms with Crippen LogP contribution in [-0.4, -0.2) is 63.9 Å². The third-order valence-corrected chi connectivity index (χ3v) is 5.41. The highest BCUT2D eigenvalue weighted by Crippen LogP contribution is 2.27. The van der Waals surface area contributed by atoms with Gasteiger partial charge in [0.1, 0.15) is 5.75 Å². The molecule has 3 rings (SSSR count). The maximum absolute atomic E-state index is 5.35. The van der Waals surface area contributed by atoms with Crippen molar-refractivity contribution in [2.45, 2.75) is 32.7 Å². The molecule has 0 saturated carbocycles. The van der Waals surface area contributed by atoms with E-state index in [-0.39, 0.29) is 5.41 Å². The molecule has 1 aromatic carbocycles. The zero-order valence-electron chi connectivity index (χ0n) is 17.0. The van der Waals surface area contributed by atoms with Crippen molar-refractivity contribution in [3.63, 3.8) is 0 Å². The van der Waals surface area contributed by atoms with Crippen LogP contribution in [-0.2, 0) is 4.74 Å². The van der Waals surface area contributed by atoms with Crippen LogP contribution in [0.1, 0.15) is 38.3 Å². The summed E-state index contributed by atoms with van der Waals surface area (Å²) in [5.74, 6) is 1.79. The van der Waals surface area contributed by atoms with Crippen molar-refractivity contribution in [2.75, 3.05) is 53.0 Å². The number of rotatable bonds is 8. The van der Waals surface area contributed by atoms with Crippen molar-refractivity contribution in [1.29, 1.82) is 0 Å². The number of nitrogens with zero attached hydrogens (tertiary/aromatic N) is 2. The van der Waals surface area contributed by atoms with E-state index >= 15 is 0 Å². The number of likely N-dealkylation sites (tertiary alicyclic amines) is 1. The first-order valence-corrected chi connectivity index (χ1v) is 10.1. The molecule has 2 aliphatic heterocycles. The van der Waals surface area contributed by atoms with E-state index in [4.69, 9.17) is 14.5 Å². The lowest BCUT2D eigenvalue weighted by Gasteiger charge is -2.36. The van der Waals surface area contributed by atoms with Crippen LogP contribution in [0.3, 0.4) is 0 Å². The zero-order valence-corrected chi connectivity index (χ0v) is 17.0. The summed E-state index contributed by atoms with van der Waals surface area (Å²) in [5, 5.41) is 6.95. The van der Waals surface area contributed by atoms with E-state index in [1.165, 1.54) is 18.4 Å². The fourth-order valence-corrected chi connectivity index (χ4v) is 3.68. The van der Waals surface area contributed by atoms with Crippen molar-refractivity contribution in [1.82, 2.24) is 15.5 Å². The molecule has 1 atom stereocenters. The van der Waals surface area contributed by atoms with Crippen molar-refractivity contribution >= 4 is 5.96 Å². The summed E-state index contributed by atoms with van der Waals surface area (Å²) in [6, 6.07) is 8.80. The van der Waals surface area contributed by atoms with Crippen molar-refractivity contribution < 1.29 is 9.47 Å². The Hall–Kier alpha value is -1.79. The van der Waals surface area contributed by atoms with E-state index in [0.717, 1.165) is 57.6 Å². The second-order valence-electron chi connectivity index (χ2n) is 7.91. The van der Waals surface area contributed by atoms with E-state index in [1.54, 1.807) is 7.11 Å². The number of aliphatic imine (C=N–C) groups is 1. The van der Waals surface area contributed by atoms with Gasteiger partial charge in [0.25, 0.3) is 0 Å². The molecule has 1 aromatic rings. The highest BCUT2D eigenvalue weighted by atomic mass is 16.5. The Labute approximate surface area is 163 Å². The van der Waals surface area contributed by atoms with Gasteiger partial charge in [-0.2, -0.15) is 0 Å². The largest absolute Gasteiger partial charge is 0.497 e. The number of methoxy groups -OCH3 is 1. The SMILES string of the molecule is CCNC(=NCC1(C)COC1)NCC(c1ccc(OC)cc1)N1CCCC1. The Bertz CT molecular complexity index is 607. The predicted molar refractivity (Wildman–Crippen MR) is 109 cm³/mol. The van der Waals surface area contributed by atoms with E-state index in [2.05, 4.69) is 53.6 Å². The molecular formula is C21H34N4O2. The molecule has 2 fully saturated rings. The van der Waals surface area contributed by atoms with Gasteiger partial charge in [0.2, 0.25) is 0 Å². The van der Waals surface area contributed by atoms with Crippen LogP contribution in [0.2, 0.25) is 0 Å².